The van der Waals surface area contributed by atoms with E-state index in [9.17, 15) is 4.79 Å². The minimum absolute atomic E-state index is 0.0647. The minimum Gasteiger partial charge on any atom is -0.472 e. The number of rotatable bonds is 6. The lowest BCUT2D eigenvalue weighted by molar-refractivity contribution is 0.0796. The fourth-order valence-electron chi connectivity index (χ4n) is 2.53. The lowest BCUT2D eigenvalue weighted by Gasteiger charge is -2.25. The molecule has 1 atom stereocenters. The van der Waals surface area contributed by atoms with Gasteiger partial charge in [0.15, 0.2) is 0 Å². The van der Waals surface area contributed by atoms with Crippen molar-refractivity contribution in [1.82, 2.24) is 10.2 Å². The predicted molar refractivity (Wildman–Crippen MR) is 84.6 cm³/mol. The molecule has 5 nitrogen and oxygen atoms in total. The molecule has 1 N–H and O–H groups in total. The van der Waals surface area contributed by atoms with E-state index in [1.165, 1.54) is 4.88 Å². The summed E-state index contributed by atoms with van der Waals surface area (Å²) >= 11 is 1.66. The summed E-state index contributed by atoms with van der Waals surface area (Å²) in [5, 5.41) is 4.98. The summed E-state index contributed by atoms with van der Waals surface area (Å²) in [6.45, 7) is 2.53. The van der Waals surface area contributed by atoms with E-state index in [1.807, 2.05) is 22.4 Å². The van der Waals surface area contributed by atoms with Crippen molar-refractivity contribution < 1.29 is 13.9 Å². The first-order chi connectivity index (χ1) is 10.8. The molecule has 1 aliphatic rings. The third kappa shape index (κ3) is 4.11. The van der Waals surface area contributed by atoms with Crippen LogP contribution in [-0.2, 0) is 17.8 Å². The summed E-state index contributed by atoms with van der Waals surface area (Å²) in [6, 6.07) is 5.85. The van der Waals surface area contributed by atoms with Crippen LogP contribution in [0.25, 0.3) is 0 Å². The SMILES string of the molecule is O=C(NCc1ccoc1)N(Cc1cccs1)CC1CCCO1. The van der Waals surface area contributed by atoms with Crippen molar-refractivity contribution >= 4 is 17.4 Å². The smallest absolute Gasteiger partial charge is 0.318 e. The largest absolute Gasteiger partial charge is 0.472 e. The summed E-state index contributed by atoms with van der Waals surface area (Å²) < 4.78 is 10.7. The van der Waals surface area contributed by atoms with Crippen LogP contribution in [0.2, 0.25) is 0 Å². The van der Waals surface area contributed by atoms with Gasteiger partial charge in [-0.2, -0.15) is 0 Å². The molecule has 118 valence electrons. The van der Waals surface area contributed by atoms with Crippen LogP contribution in [0.1, 0.15) is 23.3 Å². The van der Waals surface area contributed by atoms with Gasteiger partial charge in [0.1, 0.15) is 0 Å². The number of nitrogens with zero attached hydrogens (tertiary/aromatic N) is 1. The molecular formula is C16H20N2O3S. The highest BCUT2D eigenvalue weighted by Crippen LogP contribution is 2.17. The number of amides is 2. The van der Waals surface area contributed by atoms with Crippen LogP contribution in [-0.4, -0.2) is 30.2 Å². The number of carbonyl (C=O) groups excluding carboxylic acids is 1. The second kappa shape index (κ2) is 7.47. The Morgan fingerprint density at radius 3 is 3.09 bits per heavy atom. The molecular weight excluding hydrogens is 300 g/mol. The highest BCUT2D eigenvalue weighted by Gasteiger charge is 2.23. The number of urea groups is 1. The number of hydrogen-bond donors (Lipinski definition) is 1. The maximum absolute atomic E-state index is 12.5. The highest BCUT2D eigenvalue weighted by atomic mass is 32.1. The minimum atomic E-state index is -0.0647. The van der Waals surface area contributed by atoms with Crippen LogP contribution in [0.3, 0.4) is 0 Å². The van der Waals surface area contributed by atoms with Gasteiger partial charge in [-0.25, -0.2) is 4.79 Å². The van der Waals surface area contributed by atoms with Crippen LogP contribution in [0.5, 0.6) is 0 Å². The van der Waals surface area contributed by atoms with Crippen molar-refractivity contribution in [2.24, 2.45) is 0 Å². The van der Waals surface area contributed by atoms with Gasteiger partial charge in [0, 0.05) is 30.1 Å². The topological polar surface area (TPSA) is 54.7 Å². The predicted octanol–water partition coefficient (Wildman–Crippen LogP) is 3.23. The van der Waals surface area contributed by atoms with Crippen LogP contribution >= 0.6 is 11.3 Å². The van der Waals surface area contributed by atoms with Gasteiger partial charge < -0.3 is 19.4 Å². The molecule has 2 amide bonds. The second-order valence-electron chi connectivity index (χ2n) is 5.39. The summed E-state index contributed by atoms with van der Waals surface area (Å²) in [5.74, 6) is 0. The summed E-state index contributed by atoms with van der Waals surface area (Å²) in [7, 11) is 0. The quantitative estimate of drug-likeness (QED) is 0.889. The molecule has 3 rings (SSSR count). The van der Waals surface area contributed by atoms with Gasteiger partial charge >= 0.3 is 6.03 Å². The van der Waals surface area contributed by atoms with Crippen molar-refractivity contribution in [1.29, 1.82) is 0 Å². The Morgan fingerprint density at radius 1 is 1.45 bits per heavy atom. The fourth-order valence-corrected chi connectivity index (χ4v) is 3.25. The van der Waals surface area contributed by atoms with Gasteiger partial charge in [-0.1, -0.05) is 6.07 Å². The Morgan fingerprint density at radius 2 is 2.41 bits per heavy atom. The van der Waals surface area contributed by atoms with Gasteiger partial charge in [0.2, 0.25) is 0 Å². The van der Waals surface area contributed by atoms with E-state index in [0.717, 1.165) is 25.0 Å². The molecule has 0 aliphatic carbocycles. The van der Waals surface area contributed by atoms with Gasteiger partial charge in [0.25, 0.3) is 0 Å². The van der Waals surface area contributed by atoms with E-state index in [0.29, 0.717) is 19.6 Å². The first kappa shape index (κ1) is 15.1. The van der Waals surface area contributed by atoms with Gasteiger partial charge in [-0.15, -0.1) is 11.3 Å². The number of nitrogens with one attached hydrogen (secondary N) is 1. The van der Waals surface area contributed by atoms with E-state index in [1.54, 1.807) is 23.9 Å². The van der Waals surface area contributed by atoms with Crippen LogP contribution < -0.4 is 5.32 Å². The maximum atomic E-state index is 12.5. The molecule has 1 saturated heterocycles. The van der Waals surface area contributed by atoms with Gasteiger partial charge in [-0.05, 0) is 30.4 Å². The van der Waals surface area contributed by atoms with Crippen molar-refractivity contribution in [2.75, 3.05) is 13.2 Å². The van der Waals surface area contributed by atoms with Crippen LogP contribution in [0.4, 0.5) is 4.79 Å². The van der Waals surface area contributed by atoms with Crippen molar-refractivity contribution in [3.05, 3.63) is 46.5 Å². The standard InChI is InChI=1S/C16H20N2O3S/c19-16(17-9-13-5-7-20-12-13)18(10-14-3-1-6-21-14)11-15-4-2-8-22-15/h2,4-5,7-8,12,14H,1,3,6,9-11H2,(H,17,19). The molecule has 2 aromatic rings. The van der Waals surface area contributed by atoms with E-state index >= 15 is 0 Å². The zero-order chi connectivity index (χ0) is 15.2. The first-order valence-corrected chi connectivity index (χ1v) is 8.37. The van der Waals surface area contributed by atoms with Crippen molar-refractivity contribution in [3.63, 3.8) is 0 Å². The molecule has 1 aliphatic heterocycles. The maximum Gasteiger partial charge on any atom is 0.318 e. The molecule has 0 aromatic carbocycles. The normalized spacial score (nSPS) is 17.5. The molecule has 2 aromatic heterocycles. The van der Waals surface area contributed by atoms with E-state index in [-0.39, 0.29) is 12.1 Å². The van der Waals surface area contributed by atoms with E-state index < -0.39 is 0 Å². The number of furan rings is 1. The van der Waals surface area contributed by atoms with Crippen molar-refractivity contribution in [2.45, 2.75) is 32.0 Å². The van der Waals surface area contributed by atoms with Gasteiger partial charge in [0.05, 0.1) is 25.2 Å². The Kier molecular flexibility index (Phi) is 5.13. The van der Waals surface area contributed by atoms with E-state index in [4.69, 9.17) is 9.15 Å². The number of hydrogen-bond acceptors (Lipinski definition) is 4. The second-order valence-corrected chi connectivity index (χ2v) is 6.42. The zero-order valence-corrected chi connectivity index (χ0v) is 13.2. The molecule has 22 heavy (non-hydrogen) atoms. The third-order valence-electron chi connectivity index (χ3n) is 3.69. The summed E-state index contributed by atoms with van der Waals surface area (Å²) in [5.41, 5.74) is 0.960. The van der Waals surface area contributed by atoms with Crippen LogP contribution in [0.15, 0.2) is 40.5 Å². The average molecular weight is 320 g/mol. The molecule has 6 heteroatoms. The molecule has 1 fully saturated rings. The number of thiophene rings is 1. The molecule has 0 radical (unpaired) electrons. The van der Waals surface area contributed by atoms with E-state index in [2.05, 4.69) is 11.4 Å². The van der Waals surface area contributed by atoms with Crippen molar-refractivity contribution in [3.8, 4) is 0 Å². The van der Waals surface area contributed by atoms with Gasteiger partial charge in [-0.3, -0.25) is 0 Å². The molecule has 3 heterocycles. The fraction of sp³-hybridized carbons (Fsp3) is 0.438. The molecule has 0 bridgehead atoms. The highest BCUT2D eigenvalue weighted by molar-refractivity contribution is 7.09. The average Bonchev–Trinajstić information content (AvgIpc) is 3.27. The summed E-state index contributed by atoms with van der Waals surface area (Å²) in [4.78, 5) is 15.5. The molecule has 1 unspecified atom stereocenters. The summed E-state index contributed by atoms with van der Waals surface area (Å²) in [6.07, 6.45) is 5.50. The monoisotopic (exact) mass is 320 g/mol. The zero-order valence-electron chi connectivity index (χ0n) is 12.4. The number of carbonyl (C=O) groups is 1. The lowest BCUT2D eigenvalue weighted by Crippen LogP contribution is -2.42. The molecule has 0 saturated carbocycles. The third-order valence-corrected chi connectivity index (χ3v) is 4.55. The van der Waals surface area contributed by atoms with Crippen LogP contribution in [0, 0.1) is 0 Å². The lowest BCUT2D eigenvalue weighted by atomic mass is 10.2. The Bertz CT molecular complexity index is 562. The molecule has 0 spiro atoms. The first-order valence-electron chi connectivity index (χ1n) is 7.49. The number of ether oxygens (including phenoxy) is 1. The Balaban J connectivity index is 1.59. The Hall–Kier alpha value is -1.79. The Labute approximate surface area is 133 Å².